The van der Waals surface area contributed by atoms with E-state index in [1.54, 1.807) is 25.1 Å². The van der Waals surface area contributed by atoms with E-state index in [9.17, 15) is 9.90 Å². The van der Waals surface area contributed by atoms with E-state index in [-0.39, 0.29) is 12.4 Å². The third kappa shape index (κ3) is 3.87. The van der Waals surface area contributed by atoms with Crippen LogP contribution in [0, 0.1) is 0 Å². The molecule has 4 N–H and O–H groups in total. The molecule has 1 aromatic rings. The number of carbonyl (C=O) groups is 1. The molecule has 0 aliphatic heterocycles. The zero-order chi connectivity index (χ0) is 12.0. The summed E-state index contributed by atoms with van der Waals surface area (Å²) in [5, 5.41) is 13.0. The number of amides is 2. The van der Waals surface area contributed by atoms with Crippen LogP contribution >= 0.6 is 0 Å². The van der Waals surface area contributed by atoms with E-state index in [2.05, 4.69) is 10.5 Å². The van der Waals surface area contributed by atoms with Gasteiger partial charge in [-0.15, -0.1) is 0 Å². The van der Waals surface area contributed by atoms with Gasteiger partial charge in [-0.1, -0.05) is 12.1 Å². The maximum absolute atomic E-state index is 10.4. The van der Waals surface area contributed by atoms with Gasteiger partial charge in [-0.25, -0.2) is 10.2 Å². The number of hydrogen-bond acceptors (Lipinski definition) is 4. The lowest BCUT2D eigenvalue weighted by Gasteiger charge is -2.06. The zero-order valence-electron chi connectivity index (χ0n) is 8.80. The molecular weight excluding hydrogens is 210 g/mol. The van der Waals surface area contributed by atoms with Crippen molar-refractivity contribution >= 4 is 11.7 Å². The number of hydrogen-bond donors (Lipinski definition) is 3. The number of phenolic OH excluding ortho intramolecular Hbond substituents is 1. The number of urea groups is 1. The summed E-state index contributed by atoms with van der Waals surface area (Å²) < 4.78 is 5.26. The first-order valence-corrected chi connectivity index (χ1v) is 4.59. The molecule has 0 heterocycles. The highest BCUT2D eigenvalue weighted by Gasteiger charge is 2.01. The second-order valence-corrected chi connectivity index (χ2v) is 3.08. The number of nitrogens with one attached hydrogen (secondary N) is 1. The number of aromatic hydroxyl groups is 1. The van der Waals surface area contributed by atoms with Crippen LogP contribution in [0.3, 0.4) is 0 Å². The van der Waals surface area contributed by atoms with Gasteiger partial charge in [-0.05, 0) is 19.1 Å². The van der Waals surface area contributed by atoms with Gasteiger partial charge >= 0.3 is 6.03 Å². The molecule has 0 saturated carbocycles. The average Bonchev–Trinajstić information content (AvgIpc) is 2.25. The summed E-state index contributed by atoms with van der Waals surface area (Å²) in [7, 11) is 0. The van der Waals surface area contributed by atoms with Crippen molar-refractivity contribution in [1.29, 1.82) is 0 Å². The number of rotatable bonds is 4. The molecule has 16 heavy (non-hydrogen) atoms. The van der Waals surface area contributed by atoms with Crippen LogP contribution < -0.4 is 15.9 Å². The minimum atomic E-state index is -0.734. The number of carbonyl (C=O) groups excluding carboxylic acids is 1. The Morgan fingerprint density at radius 3 is 2.88 bits per heavy atom. The summed E-state index contributed by atoms with van der Waals surface area (Å²) in [6.07, 6.45) is 0. The van der Waals surface area contributed by atoms with E-state index in [0.29, 0.717) is 11.5 Å². The van der Waals surface area contributed by atoms with E-state index >= 15 is 0 Å². The summed E-state index contributed by atoms with van der Waals surface area (Å²) in [6.45, 7) is 1.81. The van der Waals surface area contributed by atoms with Crippen molar-refractivity contribution in [2.75, 3.05) is 6.61 Å². The summed E-state index contributed by atoms with van der Waals surface area (Å²) in [6, 6.07) is 5.84. The van der Waals surface area contributed by atoms with Crippen LogP contribution in [0.4, 0.5) is 4.79 Å². The number of hydrazone groups is 1. The third-order valence-electron chi connectivity index (χ3n) is 1.66. The number of nitrogens with zero attached hydrogens (tertiary/aromatic N) is 1. The minimum absolute atomic E-state index is 0.0539. The van der Waals surface area contributed by atoms with Crippen LogP contribution in [0.1, 0.15) is 6.92 Å². The van der Waals surface area contributed by atoms with Crippen molar-refractivity contribution in [2.45, 2.75) is 6.92 Å². The molecule has 0 bridgehead atoms. The summed E-state index contributed by atoms with van der Waals surface area (Å²) in [5.41, 5.74) is 7.44. The molecule has 0 fully saturated rings. The second kappa shape index (κ2) is 5.59. The number of para-hydroxylation sites is 2. The minimum Gasteiger partial charge on any atom is -0.504 e. The van der Waals surface area contributed by atoms with Gasteiger partial charge in [0.25, 0.3) is 0 Å². The van der Waals surface area contributed by atoms with Gasteiger partial charge in [-0.3, -0.25) is 0 Å². The van der Waals surface area contributed by atoms with Crippen molar-refractivity contribution in [1.82, 2.24) is 5.43 Å². The molecule has 1 aromatic carbocycles. The Morgan fingerprint density at radius 2 is 2.25 bits per heavy atom. The number of primary amides is 1. The molecule has 0 aliphatic rings. The molecule has 1 rings (SSSR count). The molecule has 0 aliphatic carbocycles. The Kier molecular flexibility index (Phi) is 4.14. The number of ether oxygens (including phenoxy) is 1. The smallest absolute Gasteiger partial charge is 0.332 e. The number of benzene rings is 1. The summed E-state index contributed by atoms with van der Waals surface area (Å²) in [5.74, 6) is 0.411. The highest BCUT2D eigenvalue weighted by molar-refractivity contribution is 5.84. The number of nitrogens with two attached hydrogens (primary N) is 1. The van der Waals surface area contributed by atoms with Crippen LogP contribution in [0.25, 0.3) is 0 Å². The molecule has 6 nitrogen and oxygen atoms in total. The van der Waals surface area contributed by atoms with Gasteiger partial charge in [-0.2, -0.15) is 5.10 Å². The van der Waals surface area contributed by atoms with Crippen LogP contribution in [0.15, 0.2) is 29.4 Å². The van der Waals surface area contributed by atoms with Gasteiger partial charge in [0.1, 0.15) is 6.61 Å². The molecule has 0 spiro atoms. The lowest BCUT2D eigenvalue weighted by atomic mass is 10.3. The van der Waals surface area contributed by atoms with Gasteiger partial charge in [0.2, 0.25) is 0 Å². The SMILES string of the molecule is C/C(COc1ccccc1O)=N\NC(N)=O. The van der Waals surface area contributed by atoms with Crippen LogP contribution in [-0.4, -0.2) is 23.5 Å². The summed E-state index contributed by atoms with van der Waals surface area (Å²) >= 11 is 0. The predicted molar refractivity (Wildman–Crippen MR) is 59.4 cm³/mol. The van der Waals surface area contributed by atoms with E-state index in [1.165, 1.54) is 6.07 Å². The van der Waals surface area contributed by atoms with Gasteiger partial charge in [0.05, 0.1) is 5.71 Å². The van der Waals surface area contributed by atoms with Crippen molar-refractivity contribution < 1.29 is 14.6 Å². The van der Waals surface area contributed by atoms with Crippen LogP contribution in [0.2, 0.25) is 0 Å². The fraction of sp³-hybridized carbons (Fsp3) is 0.200. The fourth-order valence-corrected chi connectivity index (χ4v) is 0.944. The zero-order valence-corrected chi connectivity index (χ0v) is 8.80. The molecule has 0 unspecified atom stereocenters. The molecular formula is C10H13N3O3. The predicted octanol–water partition coefficient (Wildman–Crippen LogP) is 0.815. The normalized spacial score (nSPS) is 10.9. The Morgan fingerprint density at radius 1 is 1.56 bits per heavy atom. The standard InChI is InChI=1S/C10H13N3O3/c1-7(12-13-10(11)15)6-16-9-5-3-2-4-8(9)14/h2-5,14H,6H2,1H3,(H3,11,13,15)/b12-7+. The fourth-order valence-electron chi connectivity index (χ4n) is 0.944. The first-order chi connectivity index (χ1) is 7.59. The first kappa shape index (κ1) is 11.8. The molecule has 0 radical (unpaired) electrons. The third-order valence-corrected chi connectivity index (χ3v) is 1.66. The van der Waals surface area contributed by atoms with E-state index in [1.807, 2.05) is 0 Å². The topological polar surface area (TPSA) is 96.9 Å². The Labute approximate surface area is 92.7 Å². The van der Waals surface area contributed by atoms with E-state index in [0.717, 1.165) is 0 Å². The summed E-state index contributed by atoms with van der Waals surface area (Å²) in [4.78, 5) is 10.4. The largest absolute Gasteiger partial charge is 0.504 e. The lowest BCUT2D eigenvalue weighted by Crippen LogP contribution is -2.26. The van der Waals surface area contributed by atoms with Crippen LogP contribution in [-0.2, 0) is 0 Å². The monoisotopic (exact) mass is 223 g/mol. The van der Waals surface area contributed by atoms with Gasteiger partial charge < -0.3 is 15.6 Å². The van der Waals surface area contributed by atoms with Crippen molar-refractivity contribution in [3.63, 3.8) is 0 Å². The van der Waals surface area contributed by atoms with Gasteiger partial charge in [0, 0.05) is 0 Å². The van der Waals surface area contributed by atoms with Gasteiger partial charge in [0.15, 0.2) is 11.5 Å². The van der Waals surface area contributed by atoms with Crippen LogP contribution in [0.5, 0.6) is 11.5 Å². The first-order valence-electron chi connectivity index (χ1n) is 4.59. The molecule has 2 amide bonds. The maximum Gasteiger partial charge on any atom is 0.332 e. The quantitative estimate of drug-likeness (QED) is 0.520. The highest BCUT2D eigenvalue weighted by atomic mass is 16.5. The molecule has 86 valence electrons. The molecule has 6 heteroatoms. The lowest BCUT2D eigenvalue weighted by molar-refractivity contribution is 0.249. The molecule has 0 saturated heterocycles. The van der Waals surface area contributed by atoms with Crippen molar-refractivity contribution in [3.05, 3.63) is 24.3 Å². The van der Waals surface area contributed by atoms with Crippen molar-refractivity contribution in [2.24, 2.45) is 10.8 Å². The molecule has 0 atom stereocenters. The van der Waals surface area contributed by atoms with Crippen molar-refractivity contribution in [3.8, 4) is 11.5 Å². The Balaban J connectivity index is 2.49. The molecule has 0 aromatic heterocycles. The van der Waals surface area contributed by atoms with E-state index in [4.69, 9.17) is 10.5 Å². The second-order valence-electron chi connectivity index (χ2n) is 3.08. The van der Waals surface area contributed by atoms with E-state index < -0.39 is 6.03 Å². The average molecular weight is 223 g/mol. The Bertz CT molecular complexity index is 404. The maximum atomic E-state index is 10.4. The number of phenols is 1. The Hall–Kier alpha value is -2.24. The highest BCUT2D eigenvalue weighted by Crippen LogP contribution is 2.23.